The number of nitrogens with zero attached hydrogens (tertiary/aromatic N) is 1. The fourth-order valence-corrected chi connectivity index (χ4v) is 2.72. The molecule has 0 saturated carbocycles. The van der Waals surface area contributed by atoms with Gasteiger partial charge in [0.25, 0.3) is 10.0 Å². The van der Waals surface area contributed by atoms with Crippen molar-refractivity contribution in [2.45, 2.75) is 18.7 Å². The van der Waals surface area contributed by atoms with Crippen LogP contribution < -0.4 is 4.83 Å². The van der Waals surface area contributed by atoms with Crippen LogP contribution in [-0.2, 0) is 10.0 Å². The largest absolute Gasteiger partial charge is 0.276 e. The molecule has 0 unspecified atom stereocenters. The second-order valence-electron chi connectivity index (χ2n) is 5.34. The van der Waals surface area contributed by atoms with E-state index in [2.05, 4.69) is 9.93 Å². The van der Waals surface area contributed by atoms with Gasteiger partial charge in [0.05, 0.1) is 10.6 Å². The highest BCUT2D eigenvalue weighted by atomic mass is 32.2. The summed E-state index contributed by atoms with van der Waals surface area (Å²) in [5, 5.41) is 4.08. The molecule has 2 aromatic rings. The Kier molecular flexibility index (Phi) is 5.71. The first-order chi connectivity index (χ1) is 11.0. The summed E-state index contributed by atoms with van der Waals surface area (Å²) < 4.78 is 24.4. The van der Waals surface area contributed by atoms with Crippen LogP contribution in [0.25, 0.3) is 6.08 Å². The molecule has 2 rings (SSSR count). The molecule has 1 N–H and O–H groups in total. The molecule has 0 heterocycles. The van der Waals surface area contributed by atoms with E-state index in [4.69, 9.17) is 0 Å². The molecule has 0 aliphatic rings. The molecule has 0 amide bonds. The predicted octanol–water partition coefficient (Wildman–Crippen LogP) is 3.69. The summed E-state index contributed by atoms with van der Waals surface area (Å²) in [7, 11) is -3.64. The normalized spacial score (nSPS) is 12.7. The van der Waals surface area contributed by atoms with Crippen molar-refractivity contribution in [2.24, 2.45) is 11.0 Å². The number of hydrogen-bond acceptors (Lipinski definition) is 3. The lowest BCUT2D eigenvalue weighted by Gasteiger charge is -2.08. The standard InChI is InChI=1S/C18H20N2O2S/c1-15(2)18(14-13-16-9-5-3-6-10-16)19-20-23(21,22)17-11-7-4-8-12-17/h3-15,20H,1-2H3/b14-13-,19-18-. The number of hydrazone groups is 1. The maximum absolute atomic E-state index is 12.2. The van der Waals surface area contributed by atoms with E-state index in [-0.39, 0.29) is 10.8 Å². The summed E-state index contributed by atoms with van der Waals surface area (Å²) in [5.74, 6) is 0.0911. The number of rotatable bonds is 6. The van der Waals surface area contributed by atoms with Crippen molar-refractivity contribution in [3.8, 4) is 0 Å². The van der Waals surface area contributed by atoms with Crippen LogP contribution >= 0.6 is 0 Å². The Morgan fingerprint density at radius 3 is 2.13 bits per heavy atom. The summed E-state index contributed by atoms with van der Waals surface area (Å²) in [4.78, 5) is 2.50. The number of allylic oxidation sites excluding steroid dienone is 1. The van der Waals surface area contributed by atoms with Crippen molar-refractivity contribution in [1.82, 2.24) is 4.83 Å². The van der Waals surface area contributed by atoms with Crippen LogP contribution in [-0.4, -0.2) is 14.1 Å². The lowest BCUT2D eigenvalue weighted by atomic mass is 10.1. The highest BCUT2D eigenvalue weighted by Crippen LogP contribution is 2.09. The van der Waals surface area contributed by atoms with E-state index in [0.29, 0.717) is 5.71 Å². The van der Waals surface area contributed by atoms with Gasteiger partial charge in [-0.15, -0.1) is 0 Å². The molecule has 0 spiro atoms. The van der Waals surface area contributed by atoms with E-state index < -0.39 is 10.0 Å². The van der Waals surface area contributed by atoms with Gasteiger partial charge < -0.3 is 0 Å². The van der Waals surface area contributed by atoms with Crippen LogP contribution in [0.3, 0.4) is 0 Å². The van der Waals surface area contributed by atoms with E-state index in [9.17, 15) is 8.42 Å². The van der Waals surface area contributed by atoms with Crippen molar-refractivity contribution in [1.29, 1.82) is 0 Å². The molecule has 4 nitrogen and oxygen atoms in total. The number of sulfonamides is 1. The van der Waals surface area contributed by atoms with E-state index in [0.717, 1.165) is 5.56 Å². The molecule has 5 heteroatoms. The molecule has 0 bridgehead atoms. The Hall–Kier alpha value is -2.40. The van der Waals surface area contributed by atoms with Gasteiger partial charge in [0, 0.05) is 0 Å². The fourth-order valence-electron chi connectivity index (χ4n) is 1.87. The Morgan fingerprint density at radius 1 is 1.00 bits per heavy atom. The highest BCUT2D eigenvalue weighted by Gasteiger charge is 2.12. The monoisotopic (exact) mass is 328 g/mol. The van der Waals surface area contributed by atoms with Crippen molar-refractivity contribution < 1.29 is 8.42 Å². The summed E-state index contributed by atoms with van der Waals surface area (Å²) in [5.41, 5.74) is 1.69. The SMILES string of the molecule is CC(C)C(/C=C\c1ccccc1)=N\NS(=O)(=O)c1ccccc1. The average molecular weight is 328 g/mol. The van der Waals surface area contributed by atoms with E-state index in [1.54, 1.807) is 18.2 Å². The molecule has 120 valence electrons. The molecule has 0 aliphatic heterocycles. The van der Waals surface area contributed by atoms with E-state index >= 15 is 0 Å². The minimum atomic E-state index is -3.64. The lowest BCUT2D eigenvalue weighted by Crippen LogP contribution is -2.21. The third-order valence-corrected chi connectivity index (χ3v) is 4.41. The Bertz CT molecular complexity index is 780. The fraction of sp³-hybridized carbons (Fsp3) is 0.167. The van der Waals surface area contributed by atoms with Gasteiger partial charge in [-0.2, -0.15) is 18.4 Å². The zero-order chi connectivity index (χ0) is 16.7. The van der Waals surface area contributed by atoms with Gasteiger partial charge in [0.2, 0.25) is 0 Å². The van der Waals surface area contributed by atoms with Gasteiger partial charge in [-0.3, -0.25) is 0 Å². The van der Waals surface area contributed by atoms with Gasteiger partial charge in [-0.25, -0.2) is 0 Å². The van der Waals surface area contributed by atoms with Gasteiger partial charge in [-0.05, 0) is 29.7 Å². The molecular weight excluding hydrogens is 308 g/mol. The van der Waals surface area contributed by atoms with Gasteiger partial charge >= 0.3 is 0 Å². The number of benzene rings is 2. The van der Waals surface area contributed by atoms with Crippen molar-refractivity contribution in [3.63, 3.8) is 0 Å². The first-order valence-electron chi connectivity index (χ1n) is 7.36. The molecule has 23 heavy (non-hydrogen) atoms. The van der Waals surface area contributed by atoms with Gasteiger partial charge in [0.1, 0.15) is 0 Å². The first kappa shape index (κ1) is 17.0. The Morgan fingerprint density at radius 2 is 1.57 bits per heavy atom. The van der Waals surface area contributed by atoms with Crippen molar-refractivity contribution in [3.05, 3.63) is 72.3 Å². The molecule has 0 atom stereocenters. The summed E-state index contributed by atoms with van der Waals surface area (Å²) in [6, 6.07) is 18.0. The Balaban J connectivity index is 2.18. The third-order valence-electron chi connectivity index (χ3n) is 3.19. The number of hydrogen-bond donors (Lipinski definition) is 1. The van der Waals surface area contributed by atoms with Crippen LogP contribution in [0.4, 0.5) is 0 Å². The van der Waals surface area contributed by atoms with Gasteiger partial charge in [-0.1, -0.05) is 68.5 Å². The first-order valence-corrected chi connectivity index (χ1v) is 8.85. The smallest absolute Gasteiger partial charge is 0.200 e. The maximum Gasteiger partial charge on any atom is 0.276 e. The van der Waals surface area contributed by atoms with Crippen LogP contribution in [0, 0.1) is 5.92 Å². The highest BCUT2D eigenvalue weighted by molar-refractivity contribution is 7.89. The molecular formula is C18H20N2O2S. The minimum Gasteiger partial charge on any atom is -0.200 e. The quantitative estimate of drug-likeness (QED) is 0.649. The summed E-state index contributed by atoms with van der Waals surface area (Å²) >= 11 is 0. The summed E-state index contributed by atoms with van der Waals surface area (Å²) in [6.07, 6.45) is 3.74. The molecule has 0 aliphatic carbocycles. The van der Waals surface area contributed by atoms with E-state index in [1.807, 2.05) is 56.3 Å². The minimum absolute atomic E-state index is 0.0911. The molecule has 0 fully saturated rings. The number of nitrogens with one attached hydrogen (secondary N) is 1. The second kappa shape index (κ2) is 7.74. The Labute approximate surface area is 137 Å². The lowest BCUT2D eigenvalue weighted by molar-refractivity contribution is 0.584. The molecule has 0 saturated heterocycles. The molecule has 0 aromatic heterocycles. The molecule has 2 aromatic carbocycles. The van der Waals surface area contributed by atoms with Crippen LogP contribution in [0.5, 0.6) is 0 Å². The molecule has 0 radical (unpaired) electrons. The topological polar surface area (TPSA) is 58.5 Å². The predicted molar refractivity (Wildman–Crippen MR) is 94.5 cm³/mol. The zero-order valence-corrected chi connectivity index (χ0v) is 14.0. The summed E-state index contributed by atoms with van der Waals surface area (Å²) in [6.45, 7) is 3.93. The van der Waals surface area contributed by atoms with Crippen molar-refractivity contribution in [2.75, 3.05) is 0 Å². The maximum atomic E-state index is 12.2. The van der Waals surface area contributed by atoms with Gasteiger partial charge in [0.15, 0.2) is 0 Å². The van der Waals surface area contributed by atoms with Crippen LogP contribution in [0.15, 0.2) is 76.7 Å². The zero-order valence-electron chi connectivity index (χ0n) is 13.2. The second-order valence-corrected chi connectivity index (χ2v) is 7.00. The van der Waals surface area contributed by atoms with Crippen LogP contribution in [0.1, 0.15) is 19.4 Å². The van der Waals surface area contributed by atoms with Crippen LogP contribution in [0.2, 0.25) is 0 Å². The van der Waals surface area contributed by atoms with Crippen molar-refractivity contribution >= 4 is 21.8 Å². The third kappa shape index (κ3) is 5.07. The van der Waals surface area contributed by atoms with E-state index in [1.165, 1.54) is 12.1 Å². The average Bonchev–Trinajstić information content (AvgIpc) is 2.56.